The lowest BCUT2D eigenvalue weighted by atomic mass is 10.2. The molecule has 1 heterocycles. The summed E-state index contributed by atoms with van der Waals surface area (Å²) in [6.45, 7) is 2.72. The van der Waals surface area contributed by atoms with Crippen LogP contribution in [0.15, 0.2) is 22.7 Å². The maximum Gasteiger partial charge on any atom is 0.304 e. The normalized spacial score (nSPS) is 10.7. The van der Waals surface area contributed by atoms with Gasteiger partial charge in [-0.2, -0.15) is 9.37 Å². The zero-order valence-corrected chi connectivity index (χ0v) is 10.8. The number of hydrogen-bond acceptors (Lipinski definition) is 6. The predicted octanol–water partition coefficient (Wildman–Crippen LogP) is 1.76. The summed E-state index contributed by atoms with van der Waals surface area (Å²) in [4.78, 5) is 13.8. The van der Waals surface area contributed by atoms with E-state index < -0.39 is 16.4 Å². The molecule has 0 fully saturated rings. The van der Waals surface area contributed by atoms with E-state index in [0.717, 1.165) is 12.1 Å². The summed E-state index contributed by atoms with van der Waals surface area (Å²) >= 11 is 0. The average Bonchev–Trinajstić information content (AvgIpc) is 2.80. The number of hydrogen-bond donors (Lipinski definition) is 1. The summed E-state index contributed by atoms with van der Waals surface area (Å²) in [6.07, 6.45) is 0.590. The van der Waals surface area contributed by atoms with Gasteiger partial charge in [0.25, 0.3) is 0 Å². The molecule has 0 aliphatic rings. The standard InChI is InChI=1S/C12H13FN4O3/c1-8-15-12(16-20-8)4-5-14-7-9-2-3-11(17(18)19)10(13)6-9/h2-3,6,14H,4-5,7H2,1H3. The number of rotatable bonds is 6. The van der Waals surface area contributed by atoms with Crippen molar-refractivity contribution in [3.8, 4) is 0 Å². The zero-order valence-electron chi connectivity index (χ0n) is 10.8. The van der Waals surface area contributed by atoms with E-state index in [-0.39, 0.29) is 0 Å². The van der Waals surface area contributed by atoms with Crippen molar-refractivity contribution < 1.29 is 13.8 Å². The molecule has 0 saturated heterocycles. The van der Waals surface area contributed by atoms with Gasteiger partial charge in [-0.05, 0) is 11.6 Å². The predicted molar refractivity (Wildman–Crippen MR) is 67.5 cm³/mol. The Morgan fingerprint density at radius 3 is 2.90 bits per heavy atom. The summed E-state index contributed by atoms with van der Waals surface area (Å²) in [5.74, 6) is 0.283. The van der Waals surface area contributed by atoms with E-state index in [9.17, 15) is 14.5 Å². The quantitative estimate of drug-likeness (QED) is 0.492. The molecule has 0 aliphatic carbocycles. The second kappa shape index (κ2) is 6.20. The smallest absolute Gasteiger partial charge is 0.304 e. The van der Waals surface area contributed by atoms with Crippen molar-refractivity contribution in [3.05, 3.63) is 51.4 Å². The van der Waals surface area contributed by atoms with E-state index in [2.05, 4.69) is 15.5 Å². The lowest BCUT2D eigenvalue weighted by Gasteiger charge is -2.03. The van der Waals surface area contributed by atoms with Gasteiger partial charge in [0.2, 0.25) is 11.7 Å². The minimum atomic E-state index is -0.830. The first-order chi connectivity index (χ1) is 9.56. The molecule has 0 aliphatic heterocycles. The van der Waals surface area contributed by atoms with Crippen LogP contribution in [0.1, 0.15) is 17.3 Å². The van der Waals surface area contributed by atoms with Crippen molar-refractivity contribution in [2.75, 3.05) is 6.54 Å². The number of aryl methyl sites for hydroxylation is 1. The van der Waals surface area contributed by atoms with Crippen LogP contribution in [0, 0.1) is 22.9 Å². The van der Waals surface area contributed by atoms with Crippen LogP contribution in [0.25, 0.3) is 0 Å². The Morgan fingerprint density at radius 1 is 1.50 bits per heavy atom. The maximum absolute atomic E-state index is 13.4. The number of nitrogens with zero attached hydrogens (tertiary/aromatic N) is 3. The molecule has 2 aromatic rings. The van der Waals surface area contributed by atoms with Crippen LogP contribution in [-0.4, -0.2) is 21.6 Å². The Kier molecular flexibility index (Phi) is 4.36. The maximum atomic E-state index is 13.4. The Bertz CT molecular complexity index is 614. The highest BCUT2D eigenvalue weighted by Crippen LogP contribution is 2.17. The first-order valence-corrected chi connectivity index (χ1v) is 5.99. The molecule has 0 saturated carbocycles. The minimum Gasteiger partial charge on any atom is -0.340 e. The van der Waals surface area contributed by atoms with Gasteiger partial charge in [0, 0.05) is 32.5 Å². The van der Waals surface area contributed by atoms with Crippen LogP contribution in [-0.2, 0) is 13.0 Å². The summed E-state index contributed by atoms with van der Waals surface area (Å²) in [6, 6.07) is 3.84. The van der Waals surface area contributed by atoms with Crippen molar-refractivity contribution in [1.29, 1.82) is 0 Å². The first kappa shape index (κ1) is 14.1. The fraction of sp³-hybridized carbons (Fsp3) is 0.333. The number of nitrogens with one attached hydrogen (secondary N) is 1. The van der Waals surface area contributed by atoms with Crippen molar-refractivity contribution in [2.45, 2.75) is 19.9 Å². The third kappa shape index (κ3) is 3.58. The van der Waals surface area contributed by atoms with Crippen LogP contribution in [0.5, 0.6) is 0 Å². The second-order valence-electron chi connectivity index (χ2n) is 4.20. The molecule has 7 nitrogen and oxygen atoms in total. The van der Waals surface area contributed by atoms with Crippen molar-refractivity contribution >= 4 is 5.69 Å². The number of aromatic nitrogens is 2. The van der Waals surface area contributed by atoms with E-state index in [1.54, 1.807) is 6.92 Å². The first-order valence-electron chi connectivity index (χ1n) is 5.99. The van der Waals surface area contributed by atoms with Crippen LogP contribution >= 0.6 is 0 Å². The van der Waals surface area contributed by atoms with Gasteiger partial charge in [-0.1, -0.05) is 11.2 Å². The summed E-state index contributed by atoms with van der Waals surface area (Å²) in [7, 11) is 0. The topological polar surface area (TPSA) is 94.1 Å². The molecule has 0 amide bonds. The molecular formula is C12H13FN4O3. The highest BCUT2D eigenvalue weighted by atomic mass is 19.1. The molecule has 0 bridgehead atoms. The molecule has 1 N–H and O–H groups in total. The molecule has 0 atom stereocenters. The van der Waals surface area contributed by atoms with E-state index in [1.165, 1.54) is 6.07 Å². The molecule has 2 rings (SSSR count). The van der Waals surface area contributed by atoms with Crippen LogP contribution in [0.2, 0.25) is 0 Å². The number of halogens is 1. The molecule has 8 heteroatoms. The van der Waals surface area contributed by atoms with Gasteiger partial charge in [-0.15, -0.1) is 0 Å². The summed E-state index contributed by atoms with van der Waals surface area (Å²) < 4.78 is 18.2. The van der Waals surface area contributed by atoms with Crippen LogP contribution in [0.3, 0.4) is 0 Å². The molecule has 1 aromatic carbocycles. The molecule has 106 valence electrons. The largest absolute Gasteiger partial charge is 0.340 e. The van der Waals surface area contributed by atoms with E-state index in [0.29, 0.717) is 36.8 Å². The second-order valence-corrected chi connectivity index (χ2v) is 4.20. The molecular weight excluding hydrogens is 267 g/mol. The third-order valence-electron chi connectivity index (χ3n) is 2.63. The fourth-order valence-electron chi connectivity index (χ4n) is 1.68. The monoisotopic (exact) mass is 280 g/mol. The average molecular weight is 280 g/mol. The van der Waals surface area contributed by atoms with Crippen molar-refractivity contribution in [1.82, 2.24) is 15.5 Å². The Labute approximate surface area is 114 Å². The lowest BCUT2D eigenvalue weighted by molar-refractivity contribution is -0.387. The van der Waals surface area contributed by atoms with Gasteiger partial charge in [-0.3, -0.25) is 10.1 Å². The highest BCUT2D eigenvalue weighted by Gasteiger charge is 2.13. The lowest BCUT2D eigenvalue weighted by Crippen LogP contribution is -2.17. The van der Waals surface area contributed by atoms with Gasteiger partial charge in [0.05, 0.1) is 4.92 Å². The van der Waals surface area contributed by atoms with Gasteiger partial charge in [-0.25, -0.2) is 0 Å². The number of benzene rings is 1. The van der Waals surface area contributed by atoms with Gasteiger partial charge in [0.1, 0.15) is 0 Å². The fourth-order valence-corrected chi connectivity index (χ4v) is 1.68. The Morgan fingerprint density at radius 2 is 2.30 bits per heavy atom. The van der Waals surface area contributed by atoms with Crippen molar-refractivity contribution in [3.63, 3.8) is 0 Å². The molecule has 0 radical (unpaired) electrons. The third-order valence-corrected chi connectivity index (χ3v) is 2.63. The minimum absolute atomic E-state index is 0.408. The molecule has 0 unspecified atom stereocenters. The van der Waals surface area contributed by atoms with Gasteiger partial charge < -0.3 is 9.84 Å². The van der Waals surface area contributed by atoms with E-state index >= 15 is 0 Å². The van der Waals surface area contributed by atoms with E-state index in [4.69, 9.17) is 4.52 Å². The van der Waals surface area contributed by atoms with Crippen molar-refractivity contribution in [2.24, 2.45) is 0 Å². The Balaban J connectivity index is 1.82. The molecule has 1 aromatic heterocycles. The zero-order chi connectivity index (χ0) is 14.5. The Hall–Kier alpha value is -2.35. The van der Waals surface area contributed by atoms with Crippen LogP contribution < -0.4 is 5.32 Å². The SMILES string of the molecule is Cc1nc(CCNCc2ccc([N+](=O)[O-])c(F)c2)no1. The molecule has 20 heavy (non-hydrogen) atoms. The highest BCUT2D eigenvalue weighted by molar-refractivity contribution is 5.34. The van der Waals surface area contributed by atoms with Crippen LogP contribution in [0.4, 0.5) is 10.1 Å². The molecule has 0 spiro atoms. The van der Waals surface area contributed by atoms with E-state index in [1.807, 2.05) is 0 Å². The summed E-state index contributed by atoms with van der Waals surface area (Å²) in [5, 5.41) is 17.3. The number of nitro benzene ring substituents is 1. The number of nitro groups is 1. The van der Waals surface area contributed by atoms with Gasteiger partial charge >= 0.3 is 5.69 Å². The van der Waals surface area contributed by atoms with Gasteiger partial charge in [0.15, 0.2) is 5.82 Å². The summed E-state index contributed by atoms with van der Waals surface area (Å²) in [5.41, 5.74) is 0.119.